The molecular formula is C21H22N2O5S. The summed E-state index contributed by atoms with van der Waals surface area (Å²) in [7, 11) is 2.94. The van der Waals surface area contributed by atoms with Crippen molar-refractivity contribution >= 4 is 28.6 Å². The van der Waals surface area contributed by atoms with E-state index in [1.165, 1.54) is 23.4 Å². The van der Waals surface area contributed by atoms with Gasteiger partial charge in [-0.1, -0.05) is 23.9 Å². The molecule has 1 aromatic heterocycles. The van der Waals surface area contributed by atoms with Gasteiger partial charge in [-0.2, -0.15) is 0 Å². The Labute approximate surface area is 172 Å². The molecule has 0 saturated heterocycles. The number of carbonyl (C=O) groups is 1. The van der Waals surface area contributed by atoms with E-state index in [0.29, 0.717) is 28.4 Å². The number of esters is 1. The SMILES string of the molecule is COC(=O)CCn1c(SCCOc2ccc(OC)cc2)nc2ccccc2c1=O. The van der Waals surface area contributed by atoms with Crippen LogP contribution in [0.2, 0.25) is 0 Å². The molecule has 0 aliphatic rings. The quantitative estimate of drug-likeness (QED) is 0.230. The first-order chi connectivity index (χ1) is 14.1. The van der Waals surface area contributed by atoms with Crippen LogP contribution in [0.25, 0.3) is 10.9 Å². The molecule has 1 heterocycles. The van der Waals surface area contributed by atoms with E-state index in [4.69, 9.17) is 14.2 Å². The third kappa shape index (κ3) is 5.29. The molecule has 29 heavy (non-hydrogen) atoms. The summed E-state index contributed by atoms with van der Waals surface area (Å²) >= 11 is 1.41. The minimum atomic E-state index is -0.371. The maximum Gasteiger partial charge on any atom is 0.307 e. The molecule has 0 aliphatic heterocycles. The van der Waals surface area contributed by atoms with E-state index >= 15 is 0 Å². The standard InChI is InChI=1S/C21H22N2O5S/c1-26-15-7-9-16(10-8-15)28-13-14-29-21-22-18-6-4-3-5-17(18)20(25)23(21)12-11-19(24)27-2/h3-10H,11-14H2,1-2H3. The highest BCUT2D eigenvalue weighted by Gasteiger charge is 2.13. The van der Waals surface area contributed by atoms with E-state index in [0.717, 1.165) is 11.5 Å². The Morgan fingerprint density at radius 2 is 1.79 bits per heavy atom. The predicted molar refractivity (Wildman–Crippen MR) is 112 cm³/mol. The van der Waals surface area contributed by atoms with Gasteiger partial charge in [-0.3, -0.25) is 14.2 Å². The van der Waals surface area contributed by atoms with Crippen LogP contribution in [0.4, 0.5) is 0 Å². The summed E-state index contributed by atoms with van der Waals surface area (Å²) in [6, 6.07) is 14.5. The molecule has 3 rings (SSSR count). The average Bonchev–Trinajstić information content (AvgIpc) is 2.76. The Hall–Kier alpha value is -3.00. The van der Waals surface area contributed by atoms with E-state index in [2.05, 4.69) is 4.98 Å². The van der Waals surface area contributed by atoms with Crippen molar-refractivity contribution in [1.29, 1.82) is 0 Å². The minimum absolute atomic E-state index is 0.104. The molecule has 8 heteroatoms. The van der Waals surface area contributed by atoms with Gasteiger partial charge in [-0.05, 0) is 36.4 Å². The van der Waals surface area contributed by atoms with Crippen LogP contribution in [0, 0.1) is 0 Å². The van der Waals surface area contributed by atoms with Crippen molar-refractivity contribution in [2.45, 2.75) is 18.1 Å². The maximum atomic E-state index is 12.9. The number of benzene rings is 2. The fraction of sp³-hybridized carbons (Fsp3) is 0.286. The van der Waals surface area contributed by atoms with Crippen LogP contribution in [0.3, 0.4) is 0 Å². The van der Waals surface area contributed by atoms with Gasteiger partial charge in [0.15, 0.2) is 5.16 Å². The topological polar surface area (TPSA) is 79.7 Å². The van der Waals surface area contributed by atoms with Gasteiger partial charge in [-0.25, -0.2) is 4.98 Å². The van der Waals surface area contributed by atoms with Gasteiger partial charge >= 0.3 is 5.97 Å². The van der Waals surface area contributed by atoms with E-state index in [-0.39, 0.29) is 24.5 Å². The van der Waals surface area contributed by atoms with E-state index < -0.39 is 0 Å². The molecule has 0 fully saturated rings. The van der Waals surface area contributed by atoms with Crippen LogP contribution >= 0.6 is 11.8 Å². The molecule has 0 amide bonds. The van der Waals surface area contributed by atoms with Gasteiger partial charge in [0, 0.05) is 12.3 Å². The summed E-state index contributed by atoms with van der Waals surface area (Å²) < 4.78 is 17.1. The Morgan fingerprint density at radius 1 is 1.07 bits per heavy atom. The molecule has 0 spiro atoms. The zero-order valence-corrected chi connectivity index (χ0v) is 17.1. The molecular weight excluding hydrogens is 392 g/mol. The number of ether oxygens (including phenoxy) is 3. The summed E-state index contributed by atoms with van der Waals surface area (Å²) in [6.07, 6.45) is 0.104. The fourth-order valence-corrected chi connectivity index (χ4v) is 3.57. The number of hydrogen-bond donors (Lipinski definition) is 0. The van der Waals surface area contributed by atoms with Crippen LogP contribution in [0.5, 0.6) is 11.5 Å². The van der Waals surface area contributed by atoms with Crippen LogP contribution in [0.1, 0.15) is 6.42 Å². The van der Waals surface area contributed by atoms with Crippen molar-refractivity contribution in [1.82, 2.24) is 9.55 Å². The first-order valence-corrected chi connectivity index (χ1v) is 10.1. The number of rotatable bonds is 9. The molecule has 7 nitrogen and oxygen atoms in total. The number of aromatic nitrogens is 2. The lowest BCUT2D eigenvalue weighted by molar-refractivity contribution is -0.140. The monoisotopic (exact) mass is 414 g/mol. The Kier molecular flexibility index (Phi) is 7.13. The molecule has 0 saturated carbocycles. The lowest BCUT2D eigenvalue weighted by Crippen LogP contribution is -2.25. The maximum absolute atomic E-state index is 12.9. The zero-order valence-electron chi connectivity index (χ0n) is 16.3. The van der Waals surface area contributed by atoms with E-state index in [1.54, 1.807) is 25.3 Å². The Morgan fingerprint density at radius 3 is 2.52 bits per heavy atom. The highest BCUT2D eigenvalue weighted by Crippen LogP contribution is 2.20. The lowest BCUT2D eigenvalue weighted by Gasteiger charge is -2.13. The molecule has 0 unspecified atom stereocenters. The van der Waals surface area contributed by atoms with Crippen molar-refractivity contribution in [3.63, 3.8) is 0 Å². The first kappa shape index (κ1) is 20.7. The molecule has 0 aliphatic carbocycles. The molecule has 0 radical (unpaired) electrons. The molecule has 2 aromatic carbocycles. The highest BCUT2D eigenvalue weighted by molar-refractivity contribution is 7.99. The number of methoxy groups -OCH3 is 2. The van der Waals surface area contributed by atoms with Crippen LogP contribution in [0.15, 0.2) is 58.5 Å². The number of carbonyl (C=O) groups excluding carboxylic acids is 1. The van der Waals surface area contributed by atoms with Crippen molar-refractivity contribution < 1.29 is 19.0 Å². The first-order valence-electron chi connectivity index (χ1n) is 9.08. The summed E-state index contributed by atoms with van der Waals surface area (Å²) in [6.45, 7) is 0.654. The lowest BCUT2D eigenvalue weighted by atomic mass is 10.2. The molecule has 0 N–H and O–H groups in total. The van der Waals surface area contributed by atoms with Gasteiger partial charge in [0.1, 0.15) is 11.5 Å². The smallest absolute Gasteiger partial charge is 0.307 e. The average molecular weight is 414 g/mol. The summed E-state index contributed by atoms with van der Waals surface area (Å²) in [4.78, 5) is 29.0. The van der Waals surface area contributed by atoms with Crippen molar-refractivity contribution in [3.05, 3.63) is 58.9 Å². The minimum Gasteiger partial charge on any atom is -0.497 e. The third-order valence-electron chi connectivity index (χ3n) is 4.24. The van der Waals surface area contributed by atoms with Crippen LogP contribution in [-0.2, 0) is 16.1 Å². The van der Waals surface area contributed by atoms with Gasteiger partial charge in [-0.15, -0.1) is 0 Å². The largest absolute Gasteiger partial charge is 0.497 e. The van der Waals surface area contributed by atoms with Crippen LogP contribution < -0.4 is 15.0 Å². The second-order valence-corrected chi connectivity index (χ2v) is 7.13. The van der Waals surface area contributed by atoms with Crippen molar-refractivity contribution in [3.8, 4) is 11.5 Å². The van der Waals surface area contributed by atoms with Crippen molar-refractivity contribution in [2.24, 2.45) is 0 Å². The number of nitrogens with zero attached hydrogens (tertiary/aromatic N) is 2. The molecule has 152 valence electrons. The predicted octanol–water partition coefficient (Wildman–Crippen LogP) is 3.14. The van der Waals surface area contributed by atoms with E-state index in [1.807, 2.05) is 30.3 Å². The van der Waals surface area contributed by atoms with Crippen molar-refractivity contribution in [2.75, 3.05) is 26.6 Å². The van der Waals surface area contributed by atoms with Gasteiger partial charge < -0.3 is 14.2 Å². The van der Waals surface area contributed by atoms with Crippen LogP contribution in [-0.4, -0.2) is 42.1 Å². The second-order valence-electron chi connectivity index (χ2n) is 6.07. The summed E-state index contributed by atoms with van der Waals surface area (Å²) in [5.41, 5.74) is 0.462. The number of para-hydroxylation sites is 1. The highest BCUT2D eigenvalue weighted by atomic mass is 32.2. The van der Waals surface area contributed by atoms with E-state index in [9.17, 15) is 9.59 Å². The van der Waals surface area contributed by atoms with Gasteiger partial charge in [0.25, 0.3) is 5.56 Å². The number of thioether (sulfide) groups is 1. The molecule has 0 atom stereocenters. The Bertz CT molecular complexity index is 1030. The number of hydrogen-bond acceptors (Lipinski definition) is 7. The molecule has 0 bridgehead atoms. The normalized spacial score (nSPS) is 10.7. The Balaban J connectivity index is 1.72. The molecule has 3 aromatic rings. The van der Waals surface area contributed by atoms with Gasteiger partial charge in [0.2, 0.25) is 0 Å². The summed E-state index contributed by atoms with van der Waals surface area (Å²) in [5, 5.41) is 1.08. The summed E-state index contributed by atoms with van der Waals surface area (Å²) in [5.74, 6) is 1.72. The second kappa shape index (κ2) is 9.97. The third-order valence-corrected chi connectivity index (χ3v) is 5.18. The number of fused-ring (bicyclic) bond motifs is 1. The zero-order chi connectivity index (χ0) is 20.6. The van der Waals surface area contributed by atoms with Gasteiger partial charge in [0.05, 0.1) is 38.2 Å². The fourth-order valence-electron chi connectivity index (χ4n) is 2.72.